The zero-order valence-electron chi connectivity index (χ0n) is 15.6. The number of ether oxygens (including phenoxy) is 1. The summed E-state index contributed by atoms with van der Waals surface area (Å²) in [6.07, 6.45) is -5.20. The maximum atomic E-state index is 13.3. The van der Waals surface area contributed by atoms with E-state index in [1.807, 2.05) is 4.72 Å². The number of alkyl halides is 3. The average Bonchev–Trinajstić information content (AvgIpc) is 2.94. The van der Waals surface area contributed by atoms with Crippen LogP contribution in [-0.2, 0) is 31.0 Å². The first-order valence-electron chi connectivity index (χ1n) is 8.40. The molecule has 14 heteroatoms. The number of sulfonamides is 2. The van der Waals surface area contributed by atoms with Gasteiger partial charge in [-0.2, -0.15) is 13.2 Å². The van der Waals surface area contributed by atoms with Crippen molar-refractivity contribution in [3.05, 3.63) is 47.0 Å². The minimum atomic E-state index is -4.91. The molecule has 0 aliphatic carbocycles. The van der Waals surface area contributed by atoms with Gasteiger partial charge in [0, 0.05) is 11.4 Å². The number of methoxy groups -OCH3 is 1. The van der Waals surface area contributed by atoms with Gasteiger partial charge in [0.1, 0.15) is 10.6 Å². The maximum Gasteiger partial charge on any atom is 0.418 e. The molecule has 0 atom stereocenters. The lowest BCUT2D eigenvalue weighted by molar-refractivity contribution is -0.136. The molecule has 1 saturated heterocycles. The molecule has 8 nitrogen and oxygen atoms in total. The third kappa shape index (κ3) is 4.57. The van der Waals surface area contributed by atoms with E-state index >= 15 is 0 Å². The van der Waals surface area contributed by atoms with Crippen molar-refractivity contribution in [2.24, 2.45) is 0 Å². The summed E-state index contributed by atoms with van der Waals surface area (Å²) in [5, 5.41) is -0.257. The lowest BCUT2D eigenvalue weighted by atomic mass is 10.2. The lowest BCUT2D eigenvalue weighted by Gasteiger charge is -2.19. The van der Waals surface area contributed by atoms with Gasteiger partial charge in [0.2, 0.25) is 15.9 Å². The van der Waals surface area contributed by atoms with Crippen LogP contribution in [0.25, 0.3) is 0 Å². The molecule has 1 fully saturated rings. The van der Waals surface area contributed by atoms with E-state index < -0.39 is 54.0 Å². The Bertz CT molecular complexity index is 1260. The minimum absolute atomic E-state index is 0.257. The van der Waals surface area contributed by atoms with Crippen molar-refractivity contribution in [1.82, 2.24) is 0 Å². The molecule has 0 radical (unpaired) electrons. The molecule has 31 heavy (non-hydrogen) atoms. The van der Waals surface area contributed by atoms with Crippen molar-refractivity contribution in [2.45, 2.75) is 17.5 Å². The van der Waals surface area contributed by atoms with Gasteiger partial charge in [-0.05, 0) is 36.4 Å². The zero-order chi connectivity index (χ0) is 23.2. The van der Waals surface area contributed by atoms with Crippen LogP contribution in [0.4, 0.5) is 24.5 Å². The fraction of sp³-hybridized carbons (Fsp3) is 0.235. The fourth-order valence-electron chi connectivity index (χ4n) is 2.91. The van der Waals surface area contributed by atoms with Gasteiger partial charge in [-0.25, -0.2) is 21.1 Å². The summed E-state index contributed by atoms with van der Waals surface area (Å²) < 4.78 is 97.3. The standard InChI is InChI=1S/C17H14ClF3N2O6S2/c1-29-14-5-3-11(23-16(24)6-7-30(23,25)26)9-15(14)31(27,28)22-13-4-2-10(18)8-12(13)17(19,20)21/h2-5,8-9,22H,6-7H2,1H3. The fourth-order valence-corrected chi connectivity index (χ4v) is 5.80. The van der Waals surface area contributed by atoms with Gasteiger partial charge in [-0.1, -0.05) is 11.6 Å². The first kappa shape index (κ1) is 23.2. The maximum absolute atomic E-state index is 13.3. The molecule has 0 bridgehead atoms. The van der Waals surface area contributed by atoms with Crippen LogP contribution in [0, 0.1) is 0 Å². The SMILES string of the molecule is COc1ccc(N2C(=O)CCS2(=O)=O)cc1S(=O)(=O)Nc1ccc(Cl)cc1C(F)(F)F. The second kappa shape index (κ2) is 7.88. The van der Waals surface area contributed by atoms with Gasteiger partial charge in [-0.3, -0.25) is 9.52 Å². The number of nitrogens with zero attached hydrogens (tertiary/aromatic N) is 1. The molecule has 0 unspecified atom stereocenters. The van der Waals surface area contributed by atoms with Crippen molar-refractivity contribution < 1.29 is 39.5 Å². The number of benzene rings is 2. The summed E-state index contributed by atoms with van der Waals surface area (Å²) in [7, 11) is -7.59. The smallest absolute Gasteiger partial charge is 0.418 e. The number of carbonyl (C=O) groups is 1. The molecule has 168 valence electrons. The topological polar surface area (TPSA) is 110 Å². The summed E-state index contributed by atoms with van der Waals surface area (Å²) in [5.74, 6) is -1.49. The highest BCUT2D eigenvalue weighted by molar-refractivity contribution is 7.94. The number of hydrogen-bond donors (Lipinski definition) is 1. The van der Waals surface area contributed by atoms with Crippen LogP contribution in [0.1, 0.15) is 12.0 Å². The molecule has 1 heterocycles. The van der Waals surface area contributed by atoms with Crippen molar-refractivity contribution in [1.29, 1.82) is 0 Å². The predicted octanol–water partition coefficient (Wildman–Crippen LogP) is 3.23. The number of hydrogen-bond acceptors (Lipinski definition) is 6. The number of anilines is 2. The van der Waals surface area contributed by atoms with E-state index in [1.165, 1.54) is 0 Å². The highest BCUT2D eigenvalue weighted by atomic mass is 35.5. The zero-order valence-corrected chi connectivity index (χ0v) is 18.0. The van der Waals surface area contributed by atoms with Crippen molar-refractivity contribution in [3.63, 3.8) is 0 Å². The molecule has 2 aromatic carbocycles. The Balaban J connectivity index is 2.11. The molecule has 1 aliphatic heterocycles. The molecule has 0 saturated carbocycles. The van der Waals surface area contributed by atoms with Gasteiger partial charge < -0.3 is 4.74 Å². The first-order valence-corrected chi connectivity index (χ1v) is 11.9. The van der Waals surface area contributed by atoms with Crippen LogP contribution in [-0.4, -0.2) is 35.6 Å². The van der Waals surface area contributed by atoms with Crippen molar-refractivity contribution in [2.75, 3.05) is 21.9 Å². The Morgan fingerprint density at radius 2 is 1.84 bits per heavy atom. The summed E-state index contributed by atoms with van der Waals surface area (Å²) in [5.41, 5.74) is -2.40. The number of amides is 1. The van der Waals surface area contributed by atoms with E-state index in [4.69, 9.17) is 16.3 Å². The molecule has 1 N–H and O–H groups in total. The Morgan fingerprint density at radius 1 is 1.16 bits per heavy atom. The average molecular weight is 499 g/mol. The molecular formula is C17H14ClF3N2O6S2. The molecule has 1 amide bonds. The number of rotatable bonds is 5. The van der Waals surface area contributed by atoms with Crippen LogP contribution in [0.3, 0.4) is 0 Å². The summed E-state index contributed by atoms with van der Waals surface area (Å²) in [6, 6.07) is 5.55. The largest absolute Gasteiger partial charge is 0.495 e. The molecule has 1 aliphatic rings. The van der Waals surface area contributed by atoms with E-state index in [2.05, 4.69) is 0 Å². The normalized spacial score (nSPS) is 16.4. The second-order valence-electron chi connectivity index (χ2n) is 6.35. The van der Waals surface area contributed by atoms with Crippen LogP contribution >= 0.6 is 11.6 Å². The first-order chi connectivity index (χ1) is 14.3. The van der Waals surface area contributed by atoms with Gasteiger partial charge in [0.05, 0.1) is 29.8 Å². The Labute approximate surface area is 180 Å². The van der Waals surface area contributed by atoms with Crippen LogP contribution in [0.15, 0.2) is 41.3 Å². The summed E-state index contributed by atoms with van der Waals surface area (Å²) in [4.78, 5) is 11.3. The highest BCUT2D eigenvalue weighted by Gasteiger charge is 2.38. The molecule has 3 rings (SSSR count). The predicted molar refractivity (Wildman–Crippen MR) is 106 cm³/mol. The summed E-state index contributed by atoms with van der Waals surface area (Å²) in [6.45, 7) is 0. The molecule has 0 aromatic heterocycles. The third-order valence-corrected chi connectivity index (χ3v) is 7.59. The lowest BCUT2D eigenvalue weighted by Crippen LogP contribution is -2.29. The van der Waals surface area contributed by atoms with E-state index in [0.29, 0.717) is 10.4 Å². The number of halogens is 4. The highest BCUT2D eigenvalue weighted by Crippen LogP contribution is 2.39. The monoisotopic (exact) mass is 498 g/mol. The number of carbonyl (C=O) groups excluding carboxylic acids is 1. The van der Waals surface area contributed by atoms with E-state index in [1.54, 1.807) is 0 Å². The van der Waals surface area contributed by atoms with E-state index in [-0.39, 0.29) is 22.9 Å². The van der Waals surface area contributed by atoms with Gasteiger partial charge in [0.25, 0.3) is 10.0 Å². The molecule has 2 aromatic rings. The summed E-state index contributed by atoms with van der Waals surface area (Å²) >= 11 is 5.60. The molecule has 0 spiro atoms. The quantitative estimate of drug-likeness (QED) is 0.677. The number of nitrogens with one attached hydrogen (secondary N) is 1. The van der Waals surface area contributed by atoms with Crippen molar-refractivity contribution >= 4 is 48.9 Å². The van der Waals surface area contributed by atoms with Crippen LogP contribution < -0.4 is 13.8 Å². The van der Waals surface area contributed by atoms with Gasteiger partial charge >= 0.3 is 6.18 Å². The second-order valence-corrected chi connectivity index (χ2v) is 10.4. The van der Waals surface area contributed by atoms with Crippen molar-refractivity contribution in [3.8, 4) is 5.75 Å². The van der Waals surface area contributed by atoms with E-state index in [9.17, 15) is 34.8 Å². The Morgan fingerprint density at radius 3 is 2.39 bits per heavy atom. The van der Waals surface area contributed by atoms with E-state index in [0.717, 1.165) is 37.4 Å². The third-order valence-electron chi connectivity index (χ3n) is 4.28. The van der Waals surface area contributed by atoms with Gasteiger partial charge in [-0.15, -0.1) is 0 Å². The van der Waals surface area contributed by atoms with Gasteiger partial charge in [0.15, 0.2) is 0 Å². The molecular weight excluding hydrogens is 485 g/mol. The van der Waals surface area contributed by atoms with Crippen LogP contribution in [0.5, 0.6) is 5.75 Å². The minimum Gasteiger partial charge on any atom is -0.495 e. The van der Waals surface area contributed by atoms with Crippen LogP contribution in [0.2, 0.25) is 5.02 Å². The Kier molecular flexibility index (Phi) is 5.88. The Hall–Kier alpha value is -2.51.